The van der Waals surface area contributed by atoms with Gasteiger partial charge in [0.25, 0.3) is 0 Å². The summed E-state index contributed by atoms with van der Waals surface area (Å²) in [5, 5.41) is 44.0. The van der Waals surface area contributed by atoms with E-state index in [4.69, 9.17) is 18.9 Å². The van der Waals surface area contributed by atoms with E-state index in [0.717, 1.165) is 18.6 Å². The summed E-state index contributed by atoms with van der Waals surface area (Å²) in [7, 11) is 1.62. The third kappa shape index (κ3) is 13.2. The van der Waals surface area contributed by atoms with Gasteiger partial charge in [-0.1, -0.05) is 57.2 Å². The minimum atomic E-state index is -4.50. The molecule has 0 spiro atoms. The molecule has 55 heavy (non-hydrogen) atoms. The highest BCUT2D eigenvalue weighted by atomic mass is 19.4. The van der Waals surface area contributed by atoms with Crippen LogP contribution < -0.4 is 0 Å². The highest BCUT2D eigenvalue weighted by Crippen LogP contribution is 2.41. The second kappa shape index (κ2) is 19.8. The maximum Gasteiger partial charge on any atom is 0.416 e. The summed E-state index contributed by atoms with van der Waals surface area (Å²) in [6.07, 6.45) is 0.195. The van der Waals surface area contributed by atoms with Crippen molar-refractivity contribution >= 4 is 11.9 Å². The van der Waals surface area contributed by atoms with Gasteiger partial charge >= 0.3 is 18.1 Å². The molecule has 1 saturated heterocycles. The Bertz CT molecular complexity index is 1490. The fourth-order valence-corrected chi connectivity index (χ4v) is 7.38. The van der Waals surface area contributed by atoms with Gasteiger partial charge in [0.05, 0.1) is 48.5 Å². The van der Waals surface area contributed by atoms with Crippen molar-refractivity contribution < 1.29 is 62.1 Å². The first-order chi connectivity index (χ1) is 25.6. The standard InChI is InChI=1S/C41H60F3NO10/c1-9-32(52-8)27(4)36-37(55-36)38(45(21-22-46)24-29-13-15-30(16-14-29)41(42,43)44)40(7,51)19-10-11-25(2)35-26(3)12-17-33(53-28(5)47)39(6,50)20-18-31(48)23-34(49)54-35/h10-17,19,26-27,31-33,35-38,46,48,50-51H,9,18,20-24H2,1-8H3/b17-12+,19-10+,25-11+/t26-,27+,31+,32-,33-,35?,36+,37-,38?,39+,40?/m0/s1. The van der Waals surface area contributed by atoms with Gasteiger partial charge in [-0.3, -0.25) is 14.5 Å². The zero-order chi connectivity index (χ0) is 41.3. The Balaban J connectivity index is 1.98. The quantitative estimate of drug-likeness (QED) is 0.0794. The molecule has 310 valence electrons. The van der Waals surface area contributed by atoms with Gasteiger partial charge in [0.1, 0.15) is 23.9 Å². The number of carbonyl (C=O) groups is 2. The van der Waals surface area contributed by atoms with Crippen LogP contribution in [-0.4, -0.2) is 111 Å². The van der Waals surface area contributed by atoms with Gasteiger partial charge in [0, 0.05) is 39.0 Å². The minimum Gasteiger partial charge on any atom is -0.457 e. The number of benzene rings is 1. The van der Waals surface area contributed by atoms with Gasteiger partial charge in [-0.2, -0.15) is 13.2 Å². The van der Waals surface area contributed by atoms with E-state index in [-0.39, 0.29) is 57.1 Å². The highest BCUT2D eigenvalue weighted by Gasteiger charge is 2.56. The summed E-state index contributed by atoms with van der Waals surface area (Å²) < 4.78 is 63.0. The molecule has 3 unspecified atom stereocenters. The summed E-state index contributed by atoms with van der Waals surface area (Å²) in [4.78, 5) is 26.6. The Hall–Kier alpha value is -3.11. The molecule has 1 aromatic rings. The third-order valence-corrected chi connectivity index (χ3v) is 10.6. The van der Waals surface area contributed by atoms with Crippen LogP contribution in [-0.2, 0) is 41.3 Å². The van der Waals surface area contributed by atoms with Gasteiger partial charge < -0.3 is 39.4 Å². The van der Waals surface area contributed by atoms with Crippen LogP contribution in [0.4, 0.5) is 13.2 Å². The molecule has 0 saturated carbocycles. The van der Waals surface area contributed by atoms with Gasteiger partial charge in [-0.15, -0.1) is 0 Å². The Kier molecular flexibility index (Phi) is 16.7. The van der Waals surface area contributed by atoms with E-state index in [9.17, 15) is 43.2 Å². The third-order valence-electron chi connectivity index (χ3n) is 10.6. The van der Waals surface area contributed by atoms with Gasteiger partial charge in [-0.25, -0.2) is 0 Å². The molecule has 11 nitrogen and oxygen atoms in total. The van der Waals surface area contributed by atoms with Crippen molar-refractivity contribution in [3.05, 3.63) is 71.3 Å². The smallest absolute Gasteiger partial charge is 0.416 e. The number of methoxy groups -OCH3 is 1. The van der Waals surface area contributed by atoms with E-state index in [1.54, 1.807) is 63.2 Å². The average Bonchev–Trinajstić information content (AvgIpc) is 3.87. The number of nitrogens with zero attached hydrogens (tertiary/aromatic N) is 1. The number of hydrogen-bond acceptors (Lipinski definition) is 11. The Morgan fingerprint density at radius 3 is 2.38 bits per heavy atom. The van der Waals surface area contributed by atoms with E-state index < -0.39 is 71.3 Å². The number of cyclic esters (lactones) is 1. The number of allylic oxidation sites excluding steroid dienone is 2. The molecule has 3 rings (SSSR count). The Morgan fingerprint density at radius 2 is 1.82 bits per heavy atom. The number of ether oxygens (including phenoxy) is 4. The lowest BCUT2D eigenvalue weighted by Crippen LogP contribution is -2.54. The van der Waals surface area contributed by atoms with Crippen molar-refractivity contribution in [1.29, 1.82) is 0 Å². The molecule has 1 fully saturated rings. The fraction of sp³-hybridized carbons (Fsp3) is 0.659. The molecule has 1 aromatic carbocycles. The fourth-order valence-electron chi connectivity index (χ4n) is 7.38. The number of alkyl halides is 3. The summed E-state index contributed by atoms with van der Waals surface area (Å²) in [5.74, 6) is -1.78. The second-order valence-electron chi connectivity index (χ2n) is 15.4. The van der Waals surface area contributed by atoms with Crippen LogP contribution in [0.5, 0.6) is 0 Å². The van der Waals surface area contributed by atoms with Gasteiger partial charge in [-0.05, 0) is 69.4 Å². The van der Waals surface area contributed by atoms with E-state index in [0.29, 0.717) is 11.1 Å². The first kappa shape index (κ1) is 46.3. The monoisotopic (exact) mass is 783 g/mol. The SMILES string of the molecule is CC[C@H](OC)[C@@H](C)[C@H]1O[C@@H]1C(N(CCO)Cc1ccc(C(F)(F)F)cc1)C(C)(O)/C=C/C=C(\C)C1OC(=O)C[C@H](O)CC[C@@](C)(O)[C@@H](OC(C)=O)/C=C/[C@@H]1C. The van der Waals surface area contributed by atoms with Crippen LogP contribution in [0, 0.1) is 11.8 Å². The van der Waals surface area contributed by atoms with Crippen LogP contribution in [0.2, 0.25) is 0 Å². The van der Waals surface area contributed by atoms with Gasteiger partial charge in [0.15, 0.2) is 0 Å². The number of aliphatic hydroxyl groups excluding tert-OH is 2. The first-order valence-electron chi connectivity index (χ1n) is 18.9. The number of hydrogen-bond donors (Lipinski definition) is 4. The second-order valence-corrected chi connectivity index (χ2v) is 15.4. The van der Waals surface area contributed by atoms with Crippen molar-refractivity contribution in [1.82, 2.24) is 4.90 Å². The topological polar surface area (TPSA) is 159 Å². The zero-order valence-corrected chi connectivity index (χ0v) is 33.2. The average molecular weight is 784 g/mol. The number of aliphatic hydroxyl groups is 4. The summed E-state index contributed by atoms with van der Waals surface area (Å²) in [6.45, 7) is 11.7. The lowest BCUT2D eigenvalue weighted by molar-refractivity contribution is -0.157. The van der Waals surface area contributed by atoms with Crippen LogP contribution in [0.1, 0.15) is 85.3 Å². The molecule has 4 N–H and O–H groups in total. The Labute approximate surface area is 322 Å². The zero-order valence-electron chi connectivity index (χ0n) is 33.2. The van der Waals surface area contributed by atoms with Crippen LogP contribution in [0.3, 0.4) is 0 Å². The van der Waals surface area contributed by atoms with Gasteiger partial charge in [0.2, 0.25) is 0 Å². The normalized spacial score (nSPS) is 30.4. The van der Waals surface area contributed by atoms with E-state index in [1.807, 2.05) is 13.8 Å². The lowest BCUT2D eigenvalue weighted by Gasteiger charge is -2.39. The van der Waals surface area contributed by atoms with E-state index in [2.05, 4.69) is 0 Å². The summed E-state index contributed by atoms with van der Waals surface area (Å²) in [5.41, 5.74) is -2.80. The van der Waals surface area contributed by atoms with Crippen molar-refractivity contribution in [3.8, 4) is 0 Å². The van der Waals surface area contributed by atoms with E-state index in [1.165, 1.54) is 26.0 Å². The number of epoxide rings is 1. The number of carbonyl (C=O) groups excluding carboxylic acids is 2. The lowest BCUT2D eigenvalue weighted by atomic mass is 9.85. The molecule has 2 aliphatic heterocycles. The molecule has 14 heteroatoms. The van der Waals surface area contributed by atoms with Crippen molar-refractivity contribution in [2.75, 3.05) is 20.3 Å². The molecule has 2 aliphatic rings. The summed E-state index contributed by atoms with van der Waals surface area (Å²) >= 11 is 0. The minimum absolute atomic E-state index is 0.0561. The predicted octanol–water partition coefficient (Wildman–Crippen LogP) is 5.28. The molecule has 11 atom stereocenters. The molecule has 0 aromatic heterocycles. The van der Waals surface area contributed by atoms with Crippen molar-refractivity contribution in [3.63, 3.8) is 0 Å². The molecule has 0 radical (unpaired) electrons. The Morgan fingerprint density at radius 1 is 1.16 bits per heavy atom. The van der Waals surface area contributed by atoms with Crippen molar-refractivity contribution in [2.24, 2.45) is 11.8 Å². The van der Waals surface area contributed by atoms with Crippen LogP contribution in [0.15, 0.2) is 60.2 Å². The van der Waals surface area contributed by atoms with Crippen molar-refractivity contribution in [2.45, 2.75) is 141 Å². The molecular formula is C41H60F3NO10. The van der Waals surface area contributed by atoms with Crippen LogP contribution >= 0.6 is 0 Å². The number of rotatable bonds is 15. The maximum absolute atomic E-state index is 13.3. The predicted molar refractivity (Wildman–Crippen MR) is 199 cm³/mol. The molecule has 2 heterocycles. The largest absolute Gasteiger partial charge is 0.457 e. The highest BCUT2D eigenvalue weighted by molar-refractivity contribution is 5.70. The molecule has 0 bridgehead atoms. The molecular weight excluding hydrogens is 723 g/mol. The molecule has 0 aliphatic carbocycles. The number of halogens is 3. The van der Waals surface area contributed by atoms with E-state index >= 15 is 0 Å². The van der Waals surface area contributed by atoms with Crippen LogP contribution in [0.25, 0.3) is 0 Å². The number of esters is 2. The maximum atomic E-state index is 13.3. The summed E-state index contributed by atoms with van der Waals surface area (Å²) in [6, 6.07) is 3.99. The molecule has 0 amide bonds. The first-order valence-corrected chi connectivity index (χ1v) is 18.9.